The lowest BCUT2D eigenvalue weighted by molar-refractivity contribution is -0.428. The van der Waals surface area contributed by atoms with Gasteiger partial charge in [-0.05, 0) is 0 Å². The van der Waals surface area contributed by atoms with E-state index in [1.807, 2.05) is 0 Å². The number of hydrogen-bond acceptors (Lipinski definition) is 54. The van der Waals surface area contributed by atoms with E-state index in [1.165, 1.54) is 0 Å². The third-order valence-corrected chi connectivity index (χ3v) is 24.2. The van der Waals surface area contributed by atoms with Crippen molar-refractivity contribution in [3.8, 4) is 0 Å². The van der Waals surface area contributed by atoms with Crippen LogP contribution in [0.2, 0.25) is 0 Å². The summed E-state index contributed by atoms with van der Waals surface area (Å²) in [6, 6.07) is 0. The lowest BCUT2D eigenvalue weighted by Crippen LogP contribution is -2.72. The van der Waals surface area contributed by atoms with Crippen molar-refractivity contribution in [2.75, 3.05) is 79.2 Å². The van der Waals surface area contributed by atoms with Crippen LogP contribution in [0.5, 0.6) is 0 Å². The van der Waals surface area contributed by atoms with Gasteiger partial charge in [-0.15, -0.1) is 0 Å². The molecule has 0 spiro atoms. The quantitative estimate of drug-likeness (QED) is 0.0253. The van der Waals surface area contributed by atoms with Gasteiger partial charge in [-0.3, -0.25) is 22.6 Å². The molecule has 710 valence electrons. The van der Waals surface area contributed by atoms with E-state index < -0.39 is 386 Å². The maximum Gasteiger partial charge on any atom is 0.481 e. The first-order valence-corrected chi connectivity index (χ1v) is 42.3. The number of nitrogens with two attached hydrogens (primary N) is 2. The average Bonchev–Trinajstić information content (AvgIpc) is 0.748. The molecule has 36 N–H and O–H groups in total. The van der Waals surface area contributed by atoms with E-state index in [2.05, 4.69) is 8.83 Å². The van der Waals surface area contributed by atoms with Gasteiger partial charge in [-0.25, -0.2) is 23.1 Å². The van der Waals surface area contributed by atoms with Gasteiger partial charge < -0.3 is 245 Å². The Morgan fingerprint density at radius 2 is 0.744 bits per heavy atom. The first-order chi connectivity index (χ1) is 56.6. The number of carbonyl (C=O) groups is 1. The molecule has 46 atom stereocenters. The summed E-state index contributed by atoms with van der Waals surface area (Å²) in [5, 5.41) is 303. The summed E-state index contributed by atoms with van der Waals surface area (Å²) in [6.45, 7) is -14.8. The molecule has 60 nitrogen and oxygen atoms in total. The molecule has 8 heterocycles. The maximum absolute atomic E-state index is 13.8. The molecule has 0 aromatic carbocycles. The zero-order chi connectivity index (χ0) is 90.4. The number of aliphatic hydroxyl groups is 26. The molecule has 0 aliphatic carbocycles. The maximum atomic E-state index is 13.8. The van der Waals surface area contributed by atoms with E-state index in [0.29, 0.717) is 0 Å². The Bertz CT molecular complexity index is 3390. The fourth-order valence-corrected chi connectivity index (χ4v) is 17.6. The first-order valence-electron chi connectivity index (χ1n) is 36.3. The summed E-state index contributed by atoms with van der Waals surface area (Å²) in [6.07, 6.45) is -114. The van der Waals surface area contributed by atoms with Crippen molar-refractivity contribution in [2.24, 2.45) is 11.5 Å². The minimum absolute atomic E-state index is 0.580. The van der Waals surface area contributed by atoms with Crippen LogP contribution in [-0.4, -0.2) is 511 Å². The lowest BCUT2D eigenvalue weighted by Gasteiger charge is -2.53. The summed E-state index contributed by atoms with van der Waals surface area (Å²) in [4.78, 5) is 65.8. The molecule has 8 aliphatic heterocycles. The van der Waals surface area contributed by atoms with Crippen LogP contribution in [0.1, 0.15) is 6.42 Å². The number of ether oxygens (including phenoxy) is 15. The predicted octanol–water partition coefficient (Wildman–Crippen LogP) is -20.1. The van der Waals surface area contributed by atoms with Crippen molar-refractivity contribution in [1.29, 1.82) is 0 Å². The molecule has 8 rings (SSSR count). The van der Waals surface area contributed by atoms with Crippen LogP contribution in [0.4, 0.5) is 0 Å². The first kappa shape index (κ1) is 105. The van der Waals surface area contributed by atoms with Crippen LogP contribution in [-0.2, 0) is 121 Å². The van der Waals surface area contributed by atoms with Crippen molar-refractivity contribution >= 4 is 37.3 Å². The van der Waals surface area contributed by atoms with Gasteiger partial charge in [0.25, 0.3) is 5.79 Å². The van der Waals surface area contributed by atoms with Crippen molar-refractivity contribution in [1.82, 2.24) is 0 Å². The minimum Gasteiger partial charge on any atom is -0.477 e. The topological polar surface area (TPSA) is 979 Å². The van der Waals surface area contributed by atoms with E-state index in [0.717, 1.165) is 0 Å². The molecule has 0 amide bonds. The van der Waals surface area contributed by atoms with Gasteiger partial charge in [0.15, 0.2) is 44.0 Å². The van der Waals surface area contributed by atoms with E-state index in [1.54, 1.807) is 0 Å². The third-order valence-electron chi connectivity index (χ3n) is 19.9. The largest absolute Gasteiger partial charge is 0.481 e. The van der Waals surface area contributed by atoms with Crippen LogP contribution < -0.4 is 11.5 Å². The molecule has 0 bridgehead atoms. The molecule has 0 radical (unpaired) electrons. The molecular formula is C57H104N2O58P4. The summed E-state index contributed by atoms with van der Waals surface area (Å²) < 4.78 is 170. The second kappa shape index (κ2) is 44.4. The summed E-state index contributed by atoms with van der Waals surface area (Å²) in [5.41, 5.74) is 10.8. The smallest absolute Gasteiger partial charge is 0.477 e. The van der Waals surface area contributed by atoms with Gasteiger partial charge >= 0.3 is 37.3 Å². The SMILES string of the molecule is NCCOP(=O)(O)O[C@@H](CO)[C@H]1O[C@H](O[C@@H]2[C@H](O)[C@@H](O[C@H]3[C@@H]([C@H](O)CO)O[C@@](O)(C(=O)O)C[C@H]3OP(=O)(O)OP(=O)(O)OCCN)O[C@H]([C@@H](O)CO)[C@H]2O[C@@H]2O[C@H](CO)[C@@H](O)[C@H](O)[C@H]2O)[C@@H](O[C@H]2O[C@H]([C@@H](O)CO)[C@@H](OP(=O)(O)O)[C@H](O)[C@@H]2O[C@@H]2O[C@H](CO)[C@H](O)[C@H](O)[C@H]2O)[C@@H](O[C@H]2O[C@H](CO)[C@@H](O[C@@H]3O[C@H](CO)[C@@H](O)[C@H](O)[C@H]3O)[C@H](O)[C@H]2O)[C@@H]1O. The summed E-state index contributed by atoms with van der Waals surface area (Å²) >= 11 is 0. The monoisotopic (exact) mass is 1870 g/mol. The lowest BCUT2D eigenvalue weighted by atomic mass is 9.91. The highest BCUT2D eigenvalue weighted by molar-refractivity contribution is 7.61. The number of carboxylic acid groups (broad SMARTS) is 1. The zero-order valence-corrected chi connectivity index (χ0v) is 65.9. The highest BCUT2D eigenvalue weighted by atomic mass is 31.3. The van der Waals surface area contributed by atoms with Crippen molar-refractivity contribution in [3.05, 3.63) is 0 Å². The van der Waals surface area contributed by atoms with Crippen LogP contribution in [0.3, 0.4) is 0 Å². The highest BCUT2D eigenvalue weighted by Crippen LogP contribution is 2.62. The van der Waals surface area contributed by atoms with Crippen LogP contribution in [0, 0.1) is 0 Å². The zero-order valence-electron chi connectivity index (χ0n) is 62.3. The van der Waals surface area contributed by atoms with Gasteiger partial charge in [0.2, 0.25) is 0 Å². The Morgan fingerprint density at radius 1 is 0.372 bits per heavy atom. The molecule has 8 saturated heterocycles. The van der Waals surface area contributed by atoms with Crippen molar-refractivity contribution in [2.45, 2.75) is 270 Å². The Morgan fingerprint density at radius 3 is 1.20 bits per heavy atom. The Kier molecular flexibility index (Phi) is 38.4. The second-order valence-corrected chi connectivity index (χ2v) is 33.9. The van der Waals surface area contributed by atoms with E-state index >= 15 is 0 Å². The Labute approximate surface area is 679 Å². The molecule has 121 heavy (non-hydrogen) atoms. The number of phosphoric acid groups is 4. The van der Waals surface area contributed by atoms with E-state index in [9.17, 15) is 185 Å². The van der Waals surface area contributed by atoms with Crippen molar-refractivity contribution in [3.63, 3.8) is 0 Å². The number of aliphatic carboxylic acids is 1. The number of aliphatic hydroxyl groups excluding tert-OH is 25. The van der Waals surface area contributed by atoms with Gasteiger partial charge in [-0.1, -0.05) is 0 Å². The number of carboxylic acids is 1. The minimum atomic E-state index is -6.44. The molecule has 64 heteroatoms. The fourth-order valence-electron chi connectivity index (χ4n) is 13.8. The van der Waals surface area contributed by atoms with Gasteiger partial charge in [-0.2, -0.15) is 4.31 Å². The Balaban J connectivity index is 1.40. The molecule has 3 unspecified atom stereocenters. The van der Waals surface area contributed by atoms with Gasteiger partial charge in [0, 0.05) is 19.5 Å². The number of rotatable bonds is 41. The number of hydrogen-bond donors (Lipinski definition) is 34. The predicted molar refractivity (Wildman–Crippen MR) is 363 cm³/mol. The normalized spacial score (nSPS) is 45.4. The average molecular weight is 1870 g/mol. The summed E-state index contributed by atoms with van der Waals surface area (Å²) in [7, 11) is -24.2. The summed E-state index contributed by atoms with van der Waals surface area (Å²) in [5.74, 6) is -6.29. The molecule has 0 aromatic heterocycles. The van der Waals surface area contributed by atoms with E-state index in [-0.39, 0.29) is 0 Å². The highest BCUT2D eigenvalue weighted by Gasteiger charge is 2.65. The third kappa shape index (κ3) is 24.9. The van der Waals surface area contributed by atoms with E-state index in [4.69, 9.17) is 101 Å². The molecular weight excluding hydrogens is 1760 g/mol. The number of phosphoric ester groups is 4. The van der Waals surface area contributed by atoms with Gasteiger partial charge in [0.1, 0.15) is 214 Å². The molecule has 0 saturated carbocycles. The van der Waals surface area contributed by atoms with Crippen LogP contribution >= 0.6 is 31.3 Å². The van der Waals surface area contributed by atoms with Crippen LogP contribution in [0.15, 0.2) is 0 Å². The second-order valence-electron chi connectivity index (χ2n) is 28.3. The standard InChI is InChI=1S/C57H104N2O58P4/c58-1-3-97-119(91,92)115-22(13-67)41-34(82)43(108-52-33(81)29(77)40(21(12-66)102-52)105-49-30(78)26(74)23(71)18(9-63)99-49)48(112-54-46(110-50-31(79)27(75)24(72)19(10-64)100-50)35(83)45(116-118(88,89)90)37(104-54)14(68)6-60)55(106-41)109-44-36(84)53(103-38(15(69)7-61)47(44)111-51-32(80)28(76)25(73)20(11-65)101-51)107-42-17(114-121(95,96)117-120(93,94)98-4-2-59)5-57(87,56(85)86)113-39(42)16(70)8-62/h14-55,60-84,87H,1-13,58-59H2,(H,85,86)(H,91,92)(H,93,94)(H,95,96)(H2,88,89,90)/t14-,15-,16+,17+,18+,19+,20+,21+,22-,23+,24-,25+,26-,27-,28-,29+,30+,31+,32+,33+,34+,35-,36-,37+,38+,39+,40+,41+,42+,43-,44+,45-,46-,47+,48-,49-,50-,51-,52+,53+,54+,55+,57+/m0/s1. The Hall–Kier alpha value is -1.77. The fraction of sp³-hybridized carbons (Fsp3) is 0.982. The van der Waals surface area contributed by atoms with Crippen LogP contribution in [0.25, 0.3) is 0 Å². The molecule has 0 aromatic rings. The molecule has 8 fully saturated rings. The molecule has 8 aliphatic rings. The van der Waals surface area contributed by atoms with Gasteiger partial charge in [0.05, 0.1) is 66.1 Å². The van der Waals surface area contributed by atoms with Crippen molar-refractivity contribution < 1.29 is 283 Å².